The minimum atomic E-state index is -0.760. The molecule has 2 aromatic rings. The first-order valence-corrected chi connectivity index (χ1v) is 14.4. The summed E-state index contributed by atoms with van der Waals surface area (Å²) in [6.45, 7) is 7.13. The minimum Gasteiger partial charge on any atom is -0.490 e. The zero-order valence-electron chi connectivity index (χ0n) is 21.6. The maximum atomic E-state index is 13.6. The number of rotatable bonds is 8. The van der Waals surface area contributed by atoms with E-state index in [0.717, 1.165) is 43.1 Å². The van der Waals surface area contributed by atoms with Crippen LogP contribution >= 0.6 is 11.3 Å². The molecule has 1 aromatic carbocycles. The highest BCUT2D eigenvalue weighted by molar-refractivity contribution is 7.09. The van der Waals surface area contributed by atoms with Crippen molar-refractivity contribution < 1.29 is 14.3 Å². The summed E-state index contributed by atoms with van der Waals surface area (Å²) in [6, 6.07) is 12.1. The summed E-state index contributed by atoms with van der Waals surface area (Å²) in [5.74, 6) is 1.40. The molecule has 1 spiro atoms. The number of piperidine rings is 1. The van der Waals surface area contributed by atoms with Gasteiger partial charge in [-0.3, -0.25) is 14.5 Å². The van der Waals surface area contributed by atoms with Crippen LogP contribution in [0, 0.1) is 5.92 Å². The highest BCUT2D eigenvalue weighted by Gasteiger charge is 2.53. The number of amides is 2. The molecule has 3 heterocycles. The quantitative estimate of drug-likeness (QED) is 0.545. The van der Waals surface area contributed by atoms with Gasteiger partial charge >= 0.3 is 0 Å². The minimum absolute atomic E-state index is 0.0253. The van der Waals surface area contributed by atoms with E-state index in [1.54, 1.807) is 11.3 Å². The number of nitrogens with one attached hydrogen (secondary N) is 1. The Bertz CT molecular complexity index is 1020. The number of piperazine rings is 1. The lowest BCUT2D eigenvalue weighted by molar-refractivity contribution is -0.162. The van der Waals surface area contributed by atoms with Crippen molar-refractivity contribution in [3.63, 3.8) is 0 Å². The zero-order valence-corrected chi connectivity index (χ0v) is 22.4. The van der Waals surface area contributed by atoms with Gasteiger partial charge in [-0.2, -0.15) is 0 Å². The number of hydrogen-bond acceptors (Lipinski definition) is 5. The van der Waals surface area contributed by atoms with E-state index in [1.165, 1.54) is 18.4 Å². The number of benzene rings is 1. The van der Waals surface area contributed by atoms with Crippen molar-refractivity contribution in [2.24, 2.45) is 5.92 Å². The molecule has 0 bridgehead atoms. The molecule has 7 heteroatoms. The van der Waals surface area contributed by atoms with Gasteiger partial charge in [0.25, 0.3) is 0 Å². The molecule has 3 aliphatic rings. The average molecular weight is 510 g/mol. The number of hydrogen-bond donors (Lipinski definition) is 1. The number of carbonyl (C=O) groups excluding carboxylic acids is 2. The van der Waals surface area contributed by atoms with Crippen molar-refractivity contribution in [1.82, 2.24) is 15.1 Å². The second-order valence-corrected chi connectivity index (χ2v) is 12.2. The Labute approximate surface area is 219 Å². The van der Waals surface area contributed by atoms with Crippen molar-refractivity contribution in [2.75, 3.05) is 13.1 Å². The summed E-state index contributed by atoms with van der Waals surface area (Å²) in [4.78, 5) is 32.6. The first-order chi connectivity index (χ1) is 17.4. The fourth-order valence-corrected chi connectivity index (χ4v) is 6.70. The van der Waals surface area contributed by atoms with Crippen LogP contribution in [0.1, 0.15) is 69.2 Å². The van der Waals surface area contributed by atoms with Gasteiger partial charge in [0.15, 0.2) is 0 Å². The van der Waals surface area contributed by atoms with Crippen molar-refractivity contribution in [3.8, 4) is 5.75 Å². The number of ether oxygens (including phenoxy) is 1. The van der Waals surface area contributed by atoms with Gasteiger partial charge in [-0.25, -0.2) is 0 Å². The second-order valence-electron chi connectivity index (χ2n) is 11.1. The van der Waals surface area contributed by atoms with Crippen molar-refractivity contribution >= 4 is 23.2 Å². The number of nitrogens with zero attached hydrogens (tertiary/aromatic N) is 2. The Balaban J connectivity index is 1.24. The van der Waals surface area contributed by atoms with Gasteiger partial charge in [0, 0.05) is 24.5 Å². The third-order valence-corrected chi connectivity index (χ3v) is 8.89. The van der Waals surface area contributed by atoms with Gasteiger partial charge in [0.05, 0.1) is 12.6 Å². The molecule has 1 saturated carbocycles. The molecule has 0 radical (unpaired) electrons. The largest absolute Gasteiger partial charge is 0.490 e. The third kappa shape index (κ3) is 5.47. The van der Waals surface area contributed by atoms with Gasteiger partial charge in [-0.1, -0.05) is 32.0 Å². The van der Waals surface area contributed by atoms with E-state index in [-0.39, 0.29) is 11.8 Å². The zero-order chi connectivity index (χ0) is 25.1. The summed E-state index contributed by atoms with van der Waals surface area (Å²) in [6.07, 6.45) is 7.23. The van der Waals surface area contributed by atoms with Crippen LogP contribution in [0.15, 0.2) is 41.8 Å². The number of likely N-dealkylation sites (tertiary alicyclic amines) is 1. The summed E-state index contributed by atoms with van der Waals surface area (Å²) in [5.41, 5.74) is 0.491. The Morgan fingerprint density at radius 3 is 2.42 bits per heavy atom. The molecule has 1 atom stereocenters. The van der Waals surface area contributed by atoms with Crippen LogP contribution in [0.25, 0.3) is 0 Å². The molecule has 194 valence electrons. The van der Waals surface area contributed by atoms with E-state index >= 15 is 0 Å². The topological polar surface area (TPSA) is 61.9 Å². The molecule has 1 aliphatic carbocycles. The van der Waals surface area contributed by atoms with Crippen LogP contribution < -0.4 is 10.1 Å². The summed E-state index contributed by atoms with van der Waals surface area (Å²) >= 11 is 1.65. The first-order valence-electron chi connectivity index (χ1n) is 13.6. The molecular formula is C29H39N3O3S. The van der Waals surface area contributed by atoms with Crippen molar-refractivity contribution in [2.45, 2.75) is 89.6 Å². The van der Waals surface area contributed by atoms with Crippen LogP contribution in [-0.2, 0) is 22.7 Å². The molecule has 2 saturated heterocycles. The van der Waals surface area contributed by atoms with E-state index in [9.17, 15) is 9.59 Å². The van der Waals surface area contributed by atoms with Crippen molar-refractivity contribution in [3.05, 3.63) is 52.2 Å². The molecule has 6 nitrogen and oxygen atoms in total. The van der Waals surface area contributed by atoms with E-state index in [2.05, 4.69) is 54.4 Å². The Kier molecular flexibility index (Phi) is 7.68. The summed E-state index contributed by atoms with van der Waals surface area (Å²) in [7, 11) is 0. The molecule has 2 amide bonds. The molecule has 2 aliphatic heterocycles. The van der Waals surface area contributed by atoms with Crippen LogP contribution in [-0.4, -0.2) is 52.4 Å². The van der Waals surface area contributed by atoms with Crippen molar-refractivity contribution in [1.29, 1.82) is 0 Å². The highest BCUT2D eigenvalue weighted by atomic mass is 32.1. The summed E-state index contributed by atoms with van der Waals surface area (Å²) in [5, 5.41) is 5.15. The standard InChI is InChI=1S/C29H39N3O3S/c1-21(2)18-26-27(33)32(20-25-8-5-17-36-25)29(28(34)30-26)13-15-31(16-14-29)19-22-9-11-24(12-10-22)35-23-6-3-4-7-23/h5,8-12,17,21,23,26H,3-4,6-7,13-16,18-20H2,1-2H3,(H,30,34). The van der Waals surface area contributed by atoms with E-state index in [1.807, 2.05) is 16.3 Å². The lowest BCUT2D eigenvalue weighted by atomic mass is 9.80. The molecule has 36 heavy (non-hydrogen) atoms. The molecule has 1 aromatic heterocycles. The van der Waals surface area contributed by atoms with Gasteiger partial charge in [0.2, 0.25) is 11.8 Å². The third-order valence-electron chi connectivity index (χ3n) is 8.03. The number of thiophene rings is 1. The lowest BCUT2D eigenvalue weighted by Crippen LogP contribution is -2.72. The first kappa shape index (κ1) is 25.3. The maximum Gasteiger partial charge on any atom is 0.246 e. The molecule has 5 rings (SSSR count). The SMILES string of the molecule is CC(C)CC1NC(=O)C2(CCN(Cc3ccc(OC4CCCC4)cc3)CC2)N(Cc2cccs2)C1=O. The predicted octanol–water partition coefficient (Wildman–Crippen LogP) is 4.98. The van der Waals surface area contributed by atoms with E-state index in [4.69, 9.17) is 4.74 Å². The van der Waals surface area contributed by atoms with Crippen LogP contribution in [0.3, 0.4) is 0 Å². The van der Waals surface area contributed by atoms with Gasteiger partial charge < -0.3 is 15.0 Å². The van der Waals surface area contributed by atoms with E-state index in [0.29, 0.717) is 37.8 Å². The molecule has 1 N–H and O–H groups in total. The predicted molar refractivity (Wildman–Crippen MR) is 143 cm³/mol. The Hall–Kier alpha value is -2.38. The van der Waals surface area contributed by atoms with Gasteiger partial charge in [-0.05, 0) is 80.0 Å². The lowest BCUT2D eigenvalue weighted by Gasteiger charge is -2.51. The van der Waals surface area contributed by atoms with Gasteiger partial charge in [-0.15, -0.1) is 11.3 Å². The van der Waals surface area contributed by atoms with Crippen LogP contribution in [0.2, 0.25) is 0 Å². The molecule has 1 unspecified atom stereocenters. The summed E-state index contributed by atoms with van der Waals surface area (Å²) < 4.78 is 6.11. The monoisotopic (exact) mass is 509 g/mol. The highest BCUT2D eigenvalue weighted by Crippen LogP contribution is 2.36. The fourth-order valence-electron chi connectivity index (χ4n) is 6.00. The Morgan fingerprint density at radius 2 is 1.78 bits per heavy atom. The van der Waals surface area contributed by atoms with Crippen LogP contribution in [0.4, 0.5) is 0 Å². The van der Waals surface area contributed by atoms with Crippen LogP contribution in [0.5, 0.6) is 5.75 Å². The fraction of sp³-hybridized carbons (Fsp3) is 0.586. The molecule has 3 fully saturated rings. The normalized spacial score (nSPS) is 23.0. The Morgan fingerprint density at radius 1 is 1.06 bits per heavy atom. The number of carbonyl (C=O) groups is 2. The maximum absolute atomic E-state index is 13.6. The van der Waals surface area contributed by atoms with E-state index < -0.39 is 11.6 Å². The molecular weight excluding hydrogens is 470 g/mol. The smallest absolute Gasteiger partial charge is 0.246 e. The average Bonchev–Trinajstić information content (AvgIpc) is 3.57. The van der Waals surface area contributed by atoms with Gasteiger partial charge in [0.1, 0.15) is 17.3 Å². The second kappa shape index (κ2) is 10.9.